The zero-order chi connectivity index (χ0) is 14.4. The molecular formula is C16H18N4. The summed E-state index contributed by atoms with van der Waals surface area (Å²) in [5, 5.41) is 12.1. The van der Waals surface area contributed by atoms with Crippen molar-refractivity contribution < 1.29 is 0 Å². The Morgan fingerprint density at radius 3 is 2.80 bits per heavy atom. The number of aromatic nitrogens is 1. The van der Waals surface area contributed by atoms with Crippen molar-refractivity contribution in [3.05, 3.63) is 53.6 Å². The second kappa shape index (κ2) is 6.58. The van der Waals surface area contributed by atoms with Crippen LogP contribution in [0.15, 0.2) is 42.5 Å². The van der Waals surface area contributed by atoms with Gasteiger partial charge in [0.05, 0.1) is 11.6 Å². The number of hydrogen-bond acceptors (Lipinski definition) is 4. The van der Waals surface area contributed by atoms with Gasteiger partial charge < -0.3 is 10.2 Å². The first-order valence-electron chi connectivity index (χ1n) is 6.64. The Bertz CT molecular complexity index is 616. The molecule has 0 aliphatic carbocycles. The van der Waals surface area contributed by atoms with Crippen molar-refractivity contribution in [1.29, 1.82) is 5.26 Å². The van der Waals surface area contributed by atoms with Crippen molar-refractivity contribution in [2.45, 2.75) is 13.5 Å². The molecule has 0 radical (unpaired) electrons. The number of pyridine rings is 1. The van der Waals surface area contributed by atoms with Crippen LogP contribution in [0.25, 0.3) is 0 Å². The number of nitriles is 1. The Labute approximate surface area is 119 Å². The summed E-state index contributed by atoms with van der Waals surface area (Å²) in [4.78, 5) is 6.62. The molecule has 0 aliphatic rings. The van der Waals surface area contributed by atoms with Crippen molar-refractivity contribution in [2.24, 2.45) is 0 Å². The highest BCUT2D eigenvalue weighted by Crippen LogP contribution is 2.16. The maximum absolute atomic E-state index is 8.92. The quantitative estimate of drug-likeness (QED) is 0.903. The van der Waals surface area contributed by atoms with Crippen LogP contribution in [0.1, 0.15) is 18.1 Å². The first-order valence-corrected chi connectivity index (χ1v) is 6.64. The predicted molar refractivity (Wildman–Crippen MR) is 81.7 cm³/mol. The van der Waals surface area contributed by atoms with Gasteiger partial charge in [0.2, 0.25) is 0 Å². The standard InChI is InChI=1S/C16H18N4/c1-3-18-15-8-5-9-16(19-15)20(2)12-14-7-4-6-13(10-14)11-17/h4-10H,3,12H2,1-2H3,(H,18,19). The molecule has 4 heteroatoms. The van der Waals surface area contributed by atoms with Crippen molar-refractivity contribution in [3.8, 4) is 6.07 Å². The zero-order valence-electron chi connectivity index (χ0n) is 11.8. The molecular weight excluding hydrogens is 248 g/mol. The van der Waals surface area contributed by atoms with Crippen LogP contribution in [0.2, 0.25) is 0 Å². The molecule has 102 valence electrons. The molecule has 0 unspecified atom stereocenters. The van der Waals surface area contributed by atoms with Crippen molar-refractivity contribution in [1.82, 2.24) is 4.98 Å². The van der Waals surface area contributed by atoms with E-state index in [1.807, 2.05) is 56.4 Å². The van der Waals surface area contributed by atoms with Gasteiger partial charge in [-0.15, -0.1) is 0 Å². The molecule has 0 fully saturated rings. The Hall–Kier alpha value is -2.54. The molecule has 0 atom stereocenters. The molecule has 4 nitrogen and oxygen atoms in total. The van der Waals surface area contributed by atoms with Crippen molar-refractivity contribution >= 4 is 11.6 Å². The van der Waals surface area contributed by atoms with Gasteiger partial charge in [-0.3, -0.25) is 0 Å². The number of hydrogen-bond donors (Lipinski definition) is 1. The van der Waals surface area contributed by atoms with Crippen molar-refractivity contribution in [3.63, 3.8) is 0 Å². The van der Waals surface area contributed by atoms with E-state index in [0.29, 0.717) is 5.56 Å². The maximum Gasteiger partial charge on any atom is 0.130 e. The van der Waals surface area contributed by atoms with Gasteiger partial charge in [0.25, 0.3) is 0 Å². The number of anilines is 2. The number of benzene rings is 1. The topological polar surface area (TPSA) is 52.0 Å². The highest BCUT2D eigenvalue weighted by atomic mass is 15.2. The molecule has 0 saturated heterocycles. The molecule has 1 N–H and O–H groups in total. The summed E-state index contributed by atoms with van der Waals surface area (Å²) in [5.41, 5.74) is 1.78. The minimum atomic E-state index is 0.685. The van der Waals surface area contributed by atoms with E-state index in [2.05, 4.69) is 21.3 Å². The summed E-state index contributed by atoms with van der Waals surface area (Å²) >= 11 is 0. The van der Waals surface area contributed by atoms with Gasteiger partial charge in [0, 0.05) is 20.1 Å². The van der Waals surface area contributed by atoms with E-state index in [4.69, 9.17) is 5.26 Å². The second-order valence-corrected chi connectivity index (χ2v) is 4.58. The third-order valence-corrected chi connectivity index (χ3v) is 2.96. The van der Waals surface area contributed by atoms with Gasteiger partial charge in [0.1, 0.15) is 11.6 Å². The largest absolute Gasteiger partial charge is 0.370 e. The Kier molecular flexibility index (Phi) is 4.56. The van der Waals surface area contributed by atoms with Crippen LogP contribution in [0.3, 0.4) is 0 Å². The molecule has 0 amide bonds. The van der Waals surface area contributed by atoms with Crippen LogP contribution in [-0.2, 0) is 6.54 Å². The summed E-state index contributed by atoms with van der Waals surface area (Å²) in [5.74, 6) is 1.79. The average Bonchev–Trinajstić information content (AvgIpc) is 2.48. The molecule has 0 saturated carbocycles. The summed E-state index contributed by atoms with van der Waals surface area (Å²) < 4.78 is 0. The maximum atomic E-state index is 8.92. The molecule has 2 rings (SSSR count). The highest BCUT2D eigenvalue weighted by Gasteiger charge is 2.05. The average molecular weight is 266 g/mol. The fourth-order valence-corrected chi connectivity index (χ4v) is 2.01. The SMILES string of the molecule is CCNc1cccc(N(C)Cc2cccc(C#N)c2)n1. The van der Waals surface area contributed by atoms with Crippen LogP contribution in [0.4, 0.5) is 11.6 Å². The second-order valence-electron chi connectivity index (χ2n) is 4.58. The molecule has 1 aromatic heterocycles. The van der Waals surface area contributed by atoms with E-state index in [-0.39, 0.29) is 0 Å². The minimum Gasteiger partial charge on any atom is -0.370 e. The third-order valence-electron chi connectivity index (χ3n) is 2.96. The van der Waals surface area contributed by atoms with E-state index < -0.39 is 0 Å². The van der Waals surface area contributed by atoms with Gasteiger partial charge in [-0.2, -0.15) is 5.26 Å². The van der Waals surface area contributed by atoms with Gasteiger partial charge in [-0.05, 0) is 36.8 Å². The Morgan fingerprint density at radius 1 is 1.25 bits per heavy atom. The molecule has 1 aromatic carbocycles. The van der Waals surface area contributed by atoms with Gasteiger partial charge >= 0.3 is 0 Å². The molecule has 0 spiro atoms. The summed E-state index contributed by atoms with van der Waals surface area (Å²) in [6.07, 6.45) is 0. The summed E-state index contributed by atoms with van der Waals surface area (Å²) in [6.45, 7) is 3.62. The summed E-state index contributed by atoms with van der Waals surface area (Å²) in [6, 6.07) is 15.7. The smallest absolute Gasteiger partial charge is 0.130 e. The molecule has 0 aliphatic heterocycles. The zero-order valence-corrected chi connectivity index (χ0v) is 11.8. The fraction of sp³-hybridized carbons (Fsp3) is 0.250. The lowest BCUT2D eigenvalue weighted by Gasteiger charge is -2.19. The van der Waals surface area contributed by atoms with Crippen LogP contribution >= 0.6 is 0 Å². The van der Waals surface area contributed by atoms with Crippen molar-refractivity contribution in [2.75, 3.05) is 23.8 Å². The minimum absolute atomic E-state index is 0.685. The fourth-order valence-electron chi connectivity index (χ4n) is 2.01. The summed E-state index contributed by atoms with van der Waals surface area (Å²) in [7, 11) is 2.00. The Morgan fingerprint density at radius 2 is 2.05 bits per heavy atom. The molecule has 20 heavy (non-hydrogen) atoms. The van der Waals surface area contributed by atoms with E-state index in [1.165, 1.54) is 0 Å². The molecule has 1 heterocycles. The third kappa shape index (κ3) is 3.48. The first kappa shape index (κ1) is 13.9. The number of rotatable bonds is 5. The predicted octanol–water partition coefficient (Wildman–Crippen LogP) is 3.02. The van der Waals surface area contributed by atoms with Crippen LogP contribution < -0.4 is 10.2 Å². The van der Waals surface area contributed by atoms with E-state index >= 15 is 0 Å². The van der Waals surface area contributed by atoms with Crippen LogP contribution in [0.5, 0.6) is 0 Å². The van der Waals surface area contributed by atoms with Gasteiger partial charge in [-0.1, -0.05) is 18.2 Å². The molecule has 2 aromatic rings. The highest BCUT2D eigenvalue weighted by molar-refractivity contribution is 5.47. The van der Waals surface area contributed by atoms with E-state index in [9.17, 15) is 0 Å². The van der Waals surface area contributed by atoms with Crippen LogP contribution in [-0.4, -0.2) is 18.6 Å². The van der Waals surface area contributed by atoms with Gasteiger partial charge in [-0.25, -0.2) is 4.98 Å². The lowest BCUT2D eigenvalue weighted by molar-refractivity contribution is 0.897. The first-order chi connectivity index (χ1) is 9.72. The lowest BCUT2D eigenvalue weighted by atomic mass is 10.1. The van der Waals surface area contributed by atoms with Gasteiger partial charge in [0.15, 0.2) is 0 Å². The number of nitrogens with zero attached hydrogens (tertiary/aromatic N) is 3. The monoisotopic (exact) mass is 266 g/mol. The van der Waals surface area contributed by atoms with Crippen LogP contribution in [0, 0.1) is 11.3 Å². The number of nitrogens with one attached hydrogen (secondary N) is 1. The van der Waals surface area contributed by atoms with E-state index in [0.717, 1.165) is 30.3 Å². The lowest BCUT2D eigenvalue weighted by Crippen LogP contribution is -2.18. The molecule has 0 bridgehead atoms. The van der Waals surface area contributed by atoms with E-state index in [1.54, 1.807) is 0 Å². The Balaban J connectivity index is 2.13. The normalized spacial score (nSPS) is 9.85.